The first-order valence-corrected chi connectivity index (χ1v) is 19.9. The summed E-state index contributed by atoms with van der Waals surface area (Å²) in [5, 5.41) is 39.5. The smallest absolute Gasteiger partial charge is 0.408 e. The van der Waals surface area contributed by atoms with E-state index in [0.717, 1.165) is 13.8 Å². The van der Waals surface area contributed by atoms with E-state index in [4.69, 9.17) is 28.4 Å². The summed E-state index contributed by atoms with van der Waals surface area (Å²) < 4.78 is 35.5. The maximum absolute atomic E-state index is 15.4. The molecule has 1 heterocycles. The van der Waals surface area contributed by atoms with Gasteiger partial charge >= 0.3 is 30.0 Å². The summed E-state index contributed by atoms with van der Waals surface area (Å²) in [7, 11) is 0. The molecule has 5 rings (SSSR count). The number of aliphatic hydroxyl groups excluding tert-OH is 2. The number of Topliss-reactive ketones (excluding diaryl/α,β-unsaturated/α-hetero) is 1. The molecule has 59 heavy (non-hydrogen) atoms. The summed E-state index contributed by atoms with van der Waals surface area (Å²) in [6.45, 7) is 16.3. The van der Waals surface area contributed by atoms with Crippen molar-refractivity contribution in [1.82, 2.24) is 5.32 Å². The second kappa shape index (κ2) is 16.2. The van der Waals surface area contributed by atoms with E-state index in [1.807, 2.05) is 6.08 Å². The second-order valence-electron chi connectivity index (χ2n) is 18.3. The highest BCUT2D eigenvalue weighted by atomic mass is 16.6. The molecule has 1 amide bonds. The lowest BCUT2D eigenvalue weighted by Gasteiger charge is -2.67. The number of esters is 4. The van der Waals surface area contributed by atoms with Gasteiger partial charge in [-0.15, -0.1) is 0 Å². The summed E-state index contributed by atoms with van der Waals surface area (Å²) >= 11 is 0. The lowest BCUT2D eigenvalue weighted by Crippen LogP contribution is -2.82. The molecule has 11 atom stereocenters. The van der Waals surface area contributed by atoms with Crippen molar-refractivity contribution in [2.45, 2.75) is 161 Å². The molecule has 0 aromatic rings. The fraction of sp³-hybridized carbons (Fsp3) is 0.674. The van der Waals surface area contributed by atoms with Gasteiger partial charge in [-0.1, -0.05) is 43.7 Å². The Morgan fingerprint density at radius 3 is 2.20 bits per heavy atom. The molecule has 2 bridgehead atoms. The number of aliphatic hydroxyl groups is 3. The first-order chi connectivity index (χ1) is 27.2. The van der Waals surface area contributed by atoms with Crippen LogP contribution in [0, 0.1) is 16.7 Å². The number of carbonyl (C=O) groups is 6. The summed E-state index contributed by atoms with van der Waals surface area (Å²) in [6, 6.07) is -1.34. The van der Waals surface area contributed by atoms with Gasteiger partial charge in [-0.3, -0.25) is 14.4 Å². The number of ketones is 1. The third kappa shape index (κ3) is 8.25. The van der Waals surface area contributed by atoms with Gasteiger partial charge in [-0.25, -0.2) is 14.4 Å². The first-order valence-electron chi connectivity index (χ1n) is 19.9. The maximum atomic E-state index is 15.4. The molecule has 0 spiro atoms. The van der Waals surface area contributed by atoms with Crippen molar-refractivity contribution in [1.29, 1.82) is 0 Å². The van der Waals surface area contributed by atoms with Crippen molar-refractivity contribution in [3.63, 3.8) is 0 Å². The van der Waals surface area contributed by atoms with Crippen LogP contribution >= 0.6 is 0 Å². The van der Waals surface area contributed by atoms with E-state index >= 15 is 4.79 Å². The van der Waals surface area contributed by atoms with E-state index in [1.165, 1.54) is 19.9 Å². The van der Waals surface area contributed by atoms with Gasteiger partial charge in [0.05, 0.1) is 30.1 Å². The van der Waals surface area contributed by atoms with Crippen molar-refractivity contribution < 1.29 is 72.5 Å². The predicted molar refractivity (Wildman–Crippen MR) is 208 cm³/mol. The Labute approximate surface area is 344 Å². The average molecular weight is 830 g/mol. The zero-order valence-electron chi connectivity index (χ0n) is 35.7. The van der Waals surface area contributed by atoms with E-state index in [0.29, 0.717) is 12.0 Å². The largest absolute Gasteiger partial charge is 0.456 e. The van der Waals surface area contributed by atoms with E-state index in [-0.39, 0.29) is 36.2 Å². The number of carbonyl (C=O) groups excluding carboxylic acids is 6. The van der Waals surface area contributed by atoms with E-state index < -0.39 is 118 Å². The molecule has 4 N–H and O–H groups in total. The molecule has 0 aromatic carbocycles. The normalized spacial score (nSPS) is 34.4. The number of alkyl carbamates (subject to hydrolysis) is 1. The molecule has 326 valence electrons. The molecule has 1 aliphatic heterocycles. The highest BCUT2D eigenvalue weighted by Crippen LogP contribution is 2.64. The Balaban J connectivity index is 1.72. The molecule has 2 saturated carbocycles. The van der Waals surface area contributed by atoms with Gasteiger partial charge in [0, 0.05) is 37.7 Å². The van der Waals surface area contributed by atoms with Gasteiger partial charge < -0.3 is 49.1 Å². The van der Waals surface area contributed by atoms with Crippen LogP contribution in [0.4, 0.5) is 4.79 Å². The highest BCUT2D eigenvalue weighted by Gasteiger charge is 2.78. The Bertz CT molecular complexity index is 1880. The summed E-state index contributed by atoms with van der Waals surface area (Å²) in [4.78, 5) is 82.3. The van der Waals surface area contributed by atoms with Crippen molar-refractivity contribution >= 4 is 35.8 Å². The summed E-state index contributed by atoms with van der Waals surface area (Å²) in [5.41, 5.74) is -7.62. The minimum atomic E-state index is -2.36. The Morgan fingerprint density at radius 2 is 1.68 bits per heavy atom. The minimum Gasteiger partial charge on any atom is -0.456 e. The maximum Gasteiger partial charge on any atom is 0.408 e. The molecule has 4 aliphatic carbocycles. The lowest BCUT2D eigenvalue weighted by atomic mass is 9.44. The van der Waals surface area contributed by atoms with Crippen LogP contribution in [0.25, 0.3) is 0 Å². The van der Waals surface area contributed by atoms with Gasteiger partial charge in [0.2, 0.25) is 0 Å². The Hall–Kier alpha value is -4.38. The van der Waals surface area contributed by atoms with Gasteiger partial charge in [0.25, 0.3) is 0 Å². The van der Waals surface area contributed by atoms with Crippen molar-refractivity contribution in [3.8, 4) is 0 Å². The third-order valence-corrected chi connectivity index (χ3v) is 12.5. The Morgan fingerprint density at radius 1 is 1.02 bits per heavy atom. The van der Waals surface area contributed by atoms with Crippen LogP contribution in [0.15, 0.2) is 46.6 Å². The number of allylic oxidation sites excluding steroid dienone is 4. The standard InChI is InChI=1S/C43H59NO15/c1-21(2)17-26(44-38(52)59-39(6,7)8)31(48)37(51)56-27-19-43(53)35(57-36(50)25-15-13-12-14-16-25)33-41(11,28(47)18-29-42(33,20-54-29)58-24(5)46)34(49)32(55-23(4)45)30(22(27)3)40(43,9)10/h12-13,15,17,26-29,31-33,35,47-48,53H,14,16,18-20H2,1-11H3,(H,44,52)/t26-,27-,28-,29+,31+,32+,33-,35-,41+,42-,43+/m0/s1. The topological polar surface area (TPSA) is 231 Å². The second-order valence-corrected chi connectivity index (χ2v) is 18.3. The first kappa shape index (κ1) is 45.7. The van der Waals surface area contributed by atoms with Crippen LogP contribution in [-0.4, -0.2) is 117 Å². The van der Waals surface area contributed by atoms with E-state index in [9.17, 15) is 39.3 Å². The molecule has 0 aromatic heterocycles. The van der Waals surface area contributed by atoms with Gasteiger partial charge in [-0.05, 0) is 72.5 Å². The number of hydrogen-bond acceptors (Lipinski definition) is 15. The lowest BCUT2D eigenvalue weighted by molar-refractivity contribution is -0.347. The fourth-order valence-corrected chi connectivity index (χ4v) is 9.59. The summed E-state index contributed by atoms with van der Waals surface area (Å²) in [5.74, 6) is -6.12. The van der Waals surface area contributed by atoms with Gasteiger partial charge in [0.1, 0.15) is 29.5 Å². The van der Waals surface area contributed by atoms with Crippen LogP contribution in [0.1, 0.15) is 102 Å². The molecular weight excluding hydrogens is 770 g/mol. The van der Waals surface area contributed by atoms with Crippen molar-refractivity contribution in [2.75, 3.05) is 6.61 Å². The van der Waals surface area contributed by atoms with Crippen LogP contribution in [0.3, 0.4) is 0 Å². The zero-order valence-corrected chi connectivity index (χ0v) is 35.7. The molecule has 5 aliphatic rings. The van der Waals surface area contributed by atoms with Crippen LogP contribution in [0.5, 0.6) is 0 Å². The van der Waals surface area contributed by atoms with Crippen LogP contribution in [0.2, 0.25) is 0 Å². The number of fused-ring (bicyclic) bond motifs is 5. The zero-order chi connectivity index (χ0) is 44.2. The Kier molecular flexibility index (Phi) is 12.6. The van der Waals surface area contributed by atoms with Gasteiger partial charge in [0.15, 0.2) is 23.6 Å². The monoisotopic (exact) mass is 829 g/mol. The molecule has 0 unspecified atom stereocenters. The number of amides is 1. The number of hydrogen-bond donors (Lipinski definition) is 4. The van der Waals surface area contributed by atoms with Gasteiger partial charge in [-0.2, -0.15) is 0 Å². The minimum absolute atomic E-state index is 0.00715. The number of nitrogens with one attached hydrogen (secondary N) is 1. The number of ether oxygens (including phenoxy) is 6. The predicted octanol–water partition coefficient (Wildman–Crippen LogP) is 3.39. The third-order valence-electron chi connectivity index (χ3n) is 12.5. The van der Waals surface area contributed by atoms with E-state index in [2.05, 4.69) is 5.32 Å². The molecular formula is C43H59NO15. The molecule has 0 radical (unpaired) electrons. The fourth-order valence-electron chi connectivity index (χ4n) is 9.59. The molecule has 3 fully saturated rings. The molecule has 1 saturated heterocycles. The number of rotatable bonds is 9. The molecule has 16 heteroatoms. The van der Waals surface area contributed by atoms with Crippen molar-refractivity contribution in [3.05, 3.63) is 46.6 Å². The SMILES string of the molecule is CC(=O)O[C@H]1C(=O)[C@@]2(C)[C@H]([C@H](OC(=O)C3=CC=CCC3)[C@]3(O)C[C@H](OC(=O)[C@H](O)[C@H](C=C(C)C)NC(=O)OC(C)(C)C)C(C)=C1C3(C)C)[C@]1(OC(C)=O)CO[C@@H]1C[C@@H]2O. The highest BCUT2D eigenvalue weighted by molar-refractivity contribution is 5.95. The average Bonchev–Trinajstić information content (AvgIpc) is 3.11. The summed E-state index contributed by atoms with van der Waals surface area (Å²) in [6.07, 6.45) is -3.94. The van der Waals surface area contributed by atoms with Crippen LogP contribution in [-0.2, 0) is 52.4 Å². The quantitative estimate of drug-likeness (QED) is 0.148. The van der Waals surface area contributed by atoms with E-state index in [1.54, 1.807) is 60.6 Å². The van der Waals surface area contributed by atoms with Crippen molar-refractivity contribution in [2.24, 2.45) is 16.7 Å². The molecule has 16 nitrogen and oxygen atoms in total. The van der Waals surface area contributed by atoms with Crippen LogP contribution < -0.4 is 5.32 Å².